The average Bonchev–Trinajstić information content (AvgIpc) is 2.64. The number of hydrogen-bond acceptors (Lipinski definition) is 4. The van der Waals surface area contributed by atoms with Crippen LogP contribution in [0.1, 0.15) is 22.3 Å². The molecule has 0 radical (unpaired) electrons. The van der Waals surface area contributed by atoms with Crippen LogP contribution in [-0.2, 0) is 13.0 Å². The van der Waals surface area contributed by atoms with E-state index in [1.807, 2.05) is 16.7 Å². The van der Waals surface area contributed by atoms with Crippen molar-refractivity contribution in [1.82, 2.24) is 4.57 Å². The molecule has 2 aromatic carbocycles. The van der Waals surface area contributed by atoms with Gasteiger partial charge in [0.05, 0.1) is 10.4 Å². The number of carbonyl (C=O) groups is 1. The average molecular weight is 349 g/mol. The molecule has 4 rings (SSSR count). The molecule has 0 fully saturated rings. The monoisotopic (exact) mass is 349 g/mol. The Hall–Kier alpha value is -3.48. The van der Waals surface area contributed by atoms with Crippen LogP contribution in [0.3, 0.4) is 0 Å². The molecule has 7 nitrogen and oxygen atoms in total. The Morgan fingerprint density at radius 2 is 2.00 bits per heavy atom. The Kier molecular flexibility index (Phi) is 3.76. The zero-order valence-electron chi connectivity index (χ0n) is 13.8. The van der Waals surface area contributed by atoms with Crippen LogP contribution < -0.4 is 10.7 Å². The Balaban J connectivity index is 1.76. The van der Waals surface area contributed by atoms with Gasteiger partial charge < -0.3 is 9.88 Å². The molecular formula is C19H15N3O4. The molecule has 0 aliphatic carbocycles. The number of nitrogens with one attached hydrogen (secondary N) is 1. The molecule has 0 saturated heterocycles. The van der Waals surface area contributed by atoms with Gasteiger partial charge in [0.15, 0.2) is 0 Å². The van der Waals surface area contributed by atoms with E-state index in [1.54, 1.807) is 18.3 Å². The molecule has 130 valence electrons. The molecule has 2 heterocycles. The minimum atomic E-state index is -0.572. The number of rotatable bonds is 3. The van der Waals surface area contributed by atoms with Crippen molar-refractivity contribution in [2.24, 2.45) is 0 Å². The molecule has 1 aliphatic rings. The quantitative estimate of drug-likeness (QED) is 0.581. The minimum Gasteiger partial charge on any atom is -0.346 e. The molecule has 0 atom stereocenters. The summed E-state index contributed by atoms with van der Waals surface area (Å²) in [6.07, 6.45) is 3.44. The molecule has 7 heteroatoms. The predicted octanol–water partition coefficient (Wildman–Crippen LogP) is 3.11. The summed E-state index contributed by atoms with van der Waals surface area (Å²) < 4.78 is 1.94. The third-order valence-electron chi connectivity index (χ3n) is 4.59. The lowest BCUT2D eigenvalue weighted by atomic mass is 9.99. The lowest BCUT2D eigenvalue weighted by Crippen LogP contribution is -2.25. The fourth-order valence-corrected chi connectivity index (χ4v) is 3.41. The first kappa shape index (κ1) is 16.0. The van der Waals surface area contributed by atoms with E-state index in [9.17, 15) is 19.7 Å². The van der Waals surface area contributed by atoms with Gasteiger partial charge in [-0.25, -0.2) is 0 Å². The van der Waals surface area contributed by atoms with Crippen molar-refractivity contribution in [3.63, 3.8) is 0 Å². The Morgan fingerprint density at radius 1 is 1.19 bits per heavy atom. The number of non-ortho nitro benzene ring substituents is 1. The number of nitro groups is 1. The molecular weight excluding hydrogens is 334 g/mol. The minimum absolute atomic E-state index is 0.0306. The molecule has 0 unspecified atom stereocenters. The number of hydrogen-bond donors (Lipinski definition) is 1. The van der Waals surface area contributed by atoms with Crippen molar-refractivity contribution < 1.29 is 9.72 Å². The van der Waals surface area contributed by atoms with Crippen molar-refractivity contribution in [2.45, 2.75) is 19.4 Å². The Labute approximate surface area is 148 Å². The molecule has 3 aromatic rings. The second-order valence-corrected chi connectivity index (χ2v) is 6.24. The number of carbonyl (C=O) groups excluding carboxylic acids is 1. The lowest BCUT2D eigenvalue weighted by Gasteiger charge is -2.20. The molecule has 0 saturated carbocycles. The fourth-order valence-electron chi connectivity index (χ4n) is 3.41. The maximum Gasteiger partial charge on any atom is 0.271 e. The molecule has 1 amide bonds. The number of pyridine rings is 1. The Morgan fingerprint density at radius 3 is 2.81 bits per heavy atom. The second-order valence-electron chi connectivity index (χ2n) is 6.24. The highest BCUT2D eigenvalue weighted by Crippen LogP contribution is 2.24. The van der Waals surface area contributed by atoms with E-state index in [-0.39, 0.29) is 22.4 Å². The van der Waals surface area contributed by atoms with Gasteiger partial charge in [0.25, 0.3) is 11.6 Å². The van der Waals surface area contributed by atoms with Crippen molar-refractivity contribution >= 4 is 28.2 Å². The number of anilines is 1. The van der Waals surface area contributed by atoms with Gasteiger partial charge in [0, 0.05) is 35.9 Å². The first-order valence-corrected chi connectivity index (χ1v) is 8.25. The maximum absolute atomic E-state index is 12.8. The largest absolute Gasteiger partial charge is 0.346 e. The van der Waals surface area contributed by atoms with Crippen molar-refractivity contribution in [3.8, 4) is 0 Å². The third-order valence-corrected chi connectivity index (χ3v) is 4.59. The second kappa shape index (κ2) is 6.11. The summed E-state index contributed by atoms with van der Waals surface area (Å²) in [6, 6.07) is 11.2. The standard InChI is InChI=1S/C19H15N3O4/c23-18-15-8-1-4-12-5-3-9-21(17(12)15)11-16(18)19(24)20-13-6-2-7-14(10-13)22(25)26/h1-2,4,6-8,10-11H,3,5,9H2,(H,20,24). The number of amides is 1. The van der Waals surface area contributed by atoms with E-state index in [1.165, 1.54) is 18.2 Å². The number of aryl methyl sites for hydroxylation is 2. The maximum atomic E-state index is 12.8. The summed E-state index contributed by atoms with van der Waals surface area (Å²) in [4.78, 5) is 35.8. The number of benzene rings is 2. The lowest BCUT2D eigenvalue weighted by molar-refractivity contribution is -0.384. The predicted molar refractivity (Wildman–Crippen MR) is 97.6 cm³/mol. The van der Waals surface area contributed by atoms with E-state index < -0.39 is 10.8 Å². The highest BCUT2D eigenvalue weighted by molar-refractivity contribution is 6.06. The first-order chi connectivity index (χ1) is 12.5. The zero-order chi connectivity index (χ0) is 18.3. The Bertz CT molecular complexity index is 1120. The fraction of sp³-hybridized carbons (Fsp3) is 0.158. The van der Waals surface area contributed by atoms with Crippen LogP contribution in [-0.4, -0.2) is 15.4 Å². The first-order valence-electron chi connectivity index (χ1n) is 8.25. The highest BCUT2D eigenvalue weighted by Gasteiger charge is 2.19. The van der Waals surface area contributed by atoms with E-state index >= 15 is 0 Å². The van der Waals surface area contributed by atoms with Crippen LogP contribution in [0, 0.1) is 10.1 Å². The number of nitrogens with zero attached hydrogens (tertiary/aromatic N) is 2. The van der Waals surface area contributed by atoms with Crippen LogP contribution in [0.15, 0.2) is 53.5 Å². The van der Waals surface area contributed by atoms with Crippen LogP contribution in [0.2, 0.25) is 0 Å². The van der Waals surface area contributed by atoms with Crippen molar-refractivity contribution in [1.29, 1.82) is 0 Å². The van der Waals surface area contributed by atoms with E-state index in [0.717, 1.165) is 30.5 Å². The summed E-state index contributed by atoms with van der Waals surface area (Å²) >= 11 is 0. The normalized spacial score (nSPS) is 12.8. The van der Waals surface area contributed by atoms with Gasteiger partial charge >= 0.3 is 0 Å². The van der Waals surface area contributed by atoms with Crippen LogP contribution in [0.4, 0.5) is 11.4 Å². The van der Waals surface area contributed by atoms with Crippen molar-refractivity contribution in [3.05, 3.63) is 80.1 Å². The molecule has 26 heavy (non-hydrogen) atoms. The van der Waals surface area contributed by atoms with Crippen LogP contribution in [0.5, 0.6) is 0 Å². The molecule has 1 N–H and O–H groups in total. The third kappa shape index (κ3) is 2.63. The van der Waals surface area contributed by atoms with Crippen LogP contribution >= 0.6 is 0 Å². The van der Waals surface area contributed by atoms with E-state index in [4.69, 9.17) is 0 Å². The molecule has 1 aliphatic heterocycles. The summed E-state index contributed by atoms with van der Waals surface area (Å²) in [5, 5.41) is 14.0. The molecule has 0 bridgehead atoms. The molecule has 1 aromatic heterocycles. The van der Waals surface area contributed by atoms with Gasteiger partial charge in [-0.05, 0) is 30.5 Å². The zero-order valence-corrected chi connectivity index (χ0v) is 13.8. The SMILES string of the molecule is O=C(Nc1cccc([N+](=O)[O-])c1)c1cn2c3c(cccc3c1=O)CCC2. The van der Waals surface area contributed by atoms with E-state index in [0.29, 0.717) is 5.39 Å². The highest BCUT2D eigenvalue weighted by atomic mass is 16.6. The summed E-state index contributed by atoms with van der Waals surface area (Å²) in [7, 11) is 0. The van der Waals surface area contributed by atoms with Crippen molar-refractivity contribution in [2.75, 3.05) is 5.32 Å². The van der Waals surface area contributed by atoms with Gasteiger partial charge in [-0.15, -0.1) is 0 Å². The topological polar surface area (TPSA) is 94.2 Å². The summed E-state index contributed by atoms with van der Waals surface area (Å²) in [6.45, 7) is 0.741. The van der Waals surface area contributed by atoms with Gasteiger partial charge in [-0.3, -0.25) is 19.7 Å². The van der Waals surface area contributed by atoms with Gasteiger partial charge in [0.2, 0.25) is 5.43 Å². The van der Waals surface area contributed by atoms with Gasteiger partial charge in [-0.2, -0.15) is 0 Å². The van der Waals surface area contributed by atoms with Gasteiger partial charge in [0.1, 0.15) is 5.56 Å². The summed E-state index contributed by atoms with van der Waals surface area (Å²) in [5.41, 5.74) is 1.84. The van der Waals surface area contributed by atoms with Crippen LogP contribution in [0.25, 0.3) is 10.9 Å². The number of para-hydroxylation sites is 1. The van der Waals surface area contributed by atoms with E-state index in [2.05, 4.69) is 5.32 Å². The molecule has 0 spiro atoms. The summed E-state index contributed by atoms with van der Waals surface area (Å²) in [5.74, 6) is -0.572. The smallest absolute Gasteiger partial charge is 0.271 e. The van der Waals surface area contributed by atoms with Gasteiger partial charge in [-0.1, -0.05) is 18.2 Å². The number of nitro benzene ring substituents is 1. The number of aromatic nitrogens is 1.